The van der Waals surface area contributed by atoms with Crippen molar-refractivity contribution in [2.75, 3.05) is 19.5 Å². The Morgan fingerprint density at radius 1 is 1.16 bits per heavy atom. The minimum atomic E-state index is 0.574. The van der Waals surface area contributed by atoms with E-state index in [4.69, 9.17) is 9.47 Å². The second-order valence-electron chi connectivity index (χ2n) is 3.92. The zero-order chi connectivity index (χ0) is 13.7. The van der Waals surface area contributed by atoms with Crippen LogP contribution < -0.4 is 14.8 Å². The molecule has 6 heteroatoms. The number of rotatable bonds is 5. The first-order chi connectivity index (χ1) is 9.24. The Balaban J connectivity index is 2.10. The van der Waals surface area contributed by atoms with E-state index in [-0.39, 0.29) is 0 Å². The van der Waals surface area contributed by atoms with E-state index in [2.05, 4.69) is 20.3 Å². The zero-order valence-corrected chi connectivity index (χ0v) is 11.2. The Hall–Kier alpha value is -2.37. The number of pyridine rings is 1. The molecule has 0 aromatic carbocycles. The molecule has 0 fully saturated rings. The SMILES string of the molecule is COc1cc(CNc2ncnc(OC)c2C)ccn1. The van der Waals surface area contributed by atoms with Crippen LogP contribution in [0.2, 0.25) is 0 Å². The minimum absolute atomic E-state index is 0.574. The quantitative estimate of drug-likeness (QED) is 0.884. The van der Waals surface area contributed by atoms with Crippen LogP contribution in [0.4, 0.5) is 5.82 Å². The first-order valence-corrected chi connectivity index (χ1v) is 5.83. The van der Waals surface area contributed by atoms with Crippen molar-refractivity contribution in [1.82, 2.24) is 15.0 Å². The highest BCUT2D eigenvalue weighted by Crippen LogP contribution is 2.20. The molecule has 1 N–H and O–H groups in total. The Morgan fingerprint density at radius 3 is 2.74 bits per heavy atom. The third-order valence-electron chi connectivity index (χ3n) is 2.70. The van der Waals surface area contributed by atoms with Gasteiger partial charge in [-0.25, -0.2) is 15.0 Å². The topological polar surface area (TPSA) is 69.2 Å². The van der Waals surface area contributed by atoms with Crippen LogP contribution in [0.5, 0.6) is 11.8 Å². The molecule has 0 bridgehead atoms. The van der Waals surface area contributed by atoms with Gasteiger partial charge in [0.05, 0.1) is 19.8 Å². The Labute approximate surface area is 111 Å². The van der Waals surface area contributed by atoms with Crippen LogP contribution in [0, 0.1) is 6.92 Å². The molecule has 0 aliphatic heterocycles. The summed E-state index contributed by atoms with van der Waals surface area (Å²) >= 11 is 0. The van der Waals surface area contributed by atoms with E-state index in [0.717, 1.165) is 16.9 Å². The molecule has 2 aromatic heterocycles. The van der Waals surface area contributed by atoms with E-state index in [1.54, 1.807) is 20.4 Å². The molecule has 0 saturated heterocycles. The smallest absolute Gasteiger partial charge is 0.221 e. The molecule has 6 nitrogen and oxygen atoms in total. The van der Waals surface area contributed by atoms with Gasteiger partial charge in [-0.1, -0.05) is 0 Å². The number of nitrogens with one attached hydrogen (secondary N) is 1. The van der Waals surface area contributed by atoms with E-state index in [1.807, 2.05) is 19.1 Å². The third kappa shape index (κ3) is 3.09. The van der Waals surface area contributed by atoms with Gasteiger partial charge >= 0.3 is 0 Å². The van der Waals surface area contributed by atoms with Gasteiger partial charge in [0.1, 0.15) is 12.1 Å². The standard InChI is InChI=1S/C13H16N4O2/c1-9-12(16-8-17-13(9)19-3)15-7-10-4-5-14-11(6-10)18-2/h4-6,8H,7H2,1-3H3,(H,15,16,17). The molecule has 2 heterocycles. The van der Waals surface area contributed by atoms with E-state index in [9.17, 15) is 0 Å². The van der Waals surface area contributed by atoms with E-state index in [1.165, 1.54) is 6.33 Å². The number of hydrogen-bond acceptors (Lipinski definition) is 6. The summed E-state index contributed by atoms with van der Waals surface area (Å²) in [5, 5.41) is 3.24. The van der Waals surface area contributed by atoms with Crippen LogP contribution in [0.3, 0.4) is 0 Å². The summed E-state index contributed by atoms with van der Waals surface area (Å²) in [5.41, 5.74) is 1.94. The summed E-state index contributed by atoms with van der Waals surface area (Å²) in [6, 6.07) is 3.80. The molecule has 2 aromatic rings. The lowest BCUT2D eigenvalue weighted by molar-refractivity contribution is 0.393. The number of ether oxygens (including phenoxy) is 2. The predicted molar refractivity (Wildman–Crippen MR) is 71.4 cm³/mol. The average molecular weight is 260 g/mol. The highest BCUT2D eigenvalue weighted by atomic mass is 16.5. The minimum Gasteiger partial charge on any atom is -0.481 e. The predicted octanol–water partition coefficient (Wildman–Crippen LogP) is 1.81. The van der Waals surface area contributed by atoms with Crippen LogP contribution in [0.1, 0.15) is 11.1 Å². The number of anilines is 1. The fourth-order valence-corrected chi connectivity index (χ4v) is 1.68. The largest absolute Gasteiger partial charge is 0.481 e. The molecular formula is C13H16N4O2. The van der Waals surface area contributed by atoms with Gasteiger partial charge in [-0.15, -0.1) is 0 Å². The second-order valence-corrected chi connectivity index (χ2v) is 3.92. The van der Waals surface area contributed by atoms with Crippen molar-refractivity contribution >= 4 is 5.82 Å². The van der Waals surface area contributed by atoms with Crippen molar-refractivity contribution < 1.29 is 9.47 Å². The van der Waals surface area contributed by atoms with Crippen molar-refractivity contribution in [3.8, 4) is 11.8 Å². The highest BCUT2D eigenvalue weighted by Gasteiger charge is 2.06. The Kier molecular flexibility index (Phi) is 4.12. The zero-order valence-electron chi connectivity index (χ0n) is 11.2. The van der Waals surface area contributed by atoms with Crippen LogP contribution >= 0.6 is 0 Å². The maximum atomic E-state index is 5.15. The summed E-state index contributed by atoms with van der Waals surface area (Å²) in [4.78, 5) is 12.3. The molecule has 0 amide bonds. The Bertz CT molecular complexity index is 560. The summed E-state index contributed by atoms with van der Waals surface area (Å²) in [5.74, 6) is 1.92. The molecule has 2 rings (SSSR count). The third-order valence-corrected chi connectivity index (χ3v) is 2.70. The first-order valence-electron chi connectivity index (χ1n) is 5.83. The highest BCUT2D eigenvalue weighted by molar-refractivity contribution is 5.48. The Morgan fingerprint density at radius 2 is 2.00 bits per heavy atom. The second kappa shape index (κ2) is 5.99. The molecule has 0 atom stereocenters. The maximum absolute atomic E-state index is 5.15. The molecule has 100 valence electrons. The van der Waals surface area contributed by atoms with Gasteiger partial charge in [0.25, 0.3) is 0 Å². The number of aromatic nitrogens is 3. The maximum Gasteiger partial charge on any atom is 0.221 e. The van der Waals surface area contributed by atoms with Crippen LogP contribution in [-0.2, 0) is 6.54 Å². The normalized spacial score (nSPS) is 10.1. The fourth-order valence-electron chi connectivity index (χ4n) is 1.68. The van der Waals surface area contributed by atoms with Crippen molar-refractivity contribution in [3.63, 3.8) is 0 Å². The molecule has 0 unspecified atom stereocenters. The van der Waals surface area contributed by atoms with Gasteiger partial charge in [0, 0.05) is 18.8 Å². The van der Waals surface area contributed by atoms with E-state index in [0.29, 0.717) is 18.3 Å². The number of hydrogen-bond donors (Lipinski definition) is 1. The number of nitrogens with zero attached hydrogens (tertiary/aromatic N) is 3. The van der Waals surface area contributed by atoms with Gasteiger partial charge in [0.15, 0.2) is 0 Å². The number of methoxy groups -OCH3 is 2. The molecule has 0 spiro atoms. The molecule has 0 radical (unpaired) electrons. The lowest BCUT2D eigenvalue weighted by Gasteiger charge is -2.10. The average Bonchev–Trinajstić information content (AvgIpc) is 2.46. The summed E-state index contributed by atoms with van der Waals surface area (Å²) in [6.07, 6.45) is 3.19. The van der Waals surface area contributed by atoms with Gasteiger partial charge in [-0.2, -0.15) is 0 Å². The molecule has 19 heavy (non-hydrogen) atoms. The van der Waals surface area contributed by atoms with Crippen molar-refractivity contribution in [3.05, 3.63) is 35.8 Å². The molecule has 0 aliphatic rings. The fraction of sp³-hybridized carbons (Fsp3) is 0.308. The summed E-state index contributed by atoms with van der Waals surface area (Å²) in [7, 11) is 3.19. The van der Waals surface area contributed by atoms with Crippen LogP contribution in [-0.4, -0.2) is 29.2 Å². The van der Waals surface area contributed by atoms with Gasteiger partial charge < -0.3 is 14.8 Å². The van der Waals surface area contributed by atoms with Gasteiger partial charge in [0.2, 0.25) is 11.8 Å². The van der Waals surface area contributed by atoms with Crippen molar-refractivity contribution in [1.29, 1.82) is 0 Å². The first kappa shape index (κ1) is 13.1. The summed E-state index contributed by atoms with van der Waals surface area (Å²) < 4.78 is 10.2. The summed E-state index contributed by atoms with van der Waals surface area (Å²) in [6.45, 7) is 2.54. The van der Waals surface area contributed by atoms with Crippen LogP contribution in [0.25, 0.3) is 0 Å². The van der Waals surface area contributed by atoms with E-state index < -0.39 is 0 Å². The van der Waals surface area contributed by atoms with Gasteiger partial charge in [-0.05, 0) is 18.6 Å². The lowest BCUT2D eigenvalue weighted by Crippen LogP contribution is -2.05. The monoisotopic (exact) mass is 260 g/mol. The molecule has 0 saturated carbocycles. The van der Waals surface area contributed by atoms with Crippen molar-refractivity contribution in [2.45, 2.75) is 13.5 Å². The van der Waals surface area contributed by atoms with Crippen LogP contribution in [0.15, 0.2) is 24.7 Å². The molecular weight excluding hydrogens is 244 g/mol. The van der Waals surface area contributed by atoms with Gasteiger partial charge in [-0.3, -0.25) is 0 Å². The van der Waals surface area contributed by atoms with Crippen molar-refractivity contribution in [2.24, 2.45) is 0 Å². The lowest BCUT2D eigenvalue weighted by atomic mass is 10.2. The molecule has 0 aliphatic carbocycles. The van der Waals surface area contributed by atoms with E-state index >= 15 is 0 Å².